The SMILES string of the molecule is CC(C)CC(=O)/C=C(\O)CC(C)C.Cc1[c-]c(-c2ncc(C34CCC(CC3)CC4)c3ccccc23)cc(C)c1.[Ir]. The second-order valence-corrected chi connectivity index (χ2v) is 12.9. The first kappa shape index (κ1) is 32.2. The summed E-state index contributed by atoms with van der Waals surface area (Å²) in [6, 6.07) is 16.8. The predicted octanol–water partition coefficient (Wildman–Crippen LogP) is 9.63. The minimum atomic E-state index is 0. The van der Waals surface area contributed by atoms with Crippen LogP contribution in [-0.2, 0) is 30.3 Å². The Morgan fingerprint density at radius 3 is 2.17 bits per heavy atom. The Hall–Kier alpha value is -2.29. The summed E-state index contributed by atoms with van der Waals surface area (Å²) in [6.07, 6.45) is 12.9. The summed E-state index contributed by atoms with van der Waals surface area (Å²) in [5, 5.41) is 12.0. The average molecular weight is 717 g/mol. The minimum absolute atomic E-state index is 0. The molecule has 40 heavy (non-hydrogen) atoms. The van der Waals surface area contributed by atoms with Crippen molar-refractivity contribution in [2.24, 2.45) is 17.8 Å². The van der Waals surface area contributed by atoms with Gasteiger partial charge in [-0.15, -0.1) is 34.9 Å². The van der Waals surface area contributed by atoms with E-state index in [1.54, 1.807) is 0 Å². The van der Waals surface area contributed by atoms with Crippen LogP contribution in [0.1, 0.15) is 95.8 Å². The van der Waals surface area contributed by atoms with E-state index in [0.29, 0.717) is 30.1 Å². The molecule has 2 aromatic carbocycles. The van der Waals surface area contributed by atoms with Crippen molar-refractivity contribution in [3.05, 3.63) is 77.2 Å². The maximum atomic E-state index is 11.2. The number of nitrogens with zero attached hydrogens (tertiary/aromatic N) is 1. The fraction of sp³-hybridized carbons (Fsp3) is 0.500. The van der Waals surface area contributed by atoms with Crippen LogP contribution in [0.15, 0.2) is 54.4 Å². The van der Waals surface area contributed by atoms with Gasteiger partial charge in [-0.1, -0.05) is 65.8 Å². The van der Waals surface area contributed by atoms with Crippen molar-refractivity contribution in [2.45, 2.75) is 98.3 Å². The van der Waals surface area contributed by atoms with Crippen molar-refractivity contribution in [3.8, 4) is 11.3 Å². The molecule has 1 N–H and O–H groups in total. The molecule has 1 heterocycles. The zero-order valence-electron chi connectivity index (χ0n) is 25.1. The zero-order valence-corrected chi connectivity index (χ0v) is 27.5. The smallest absolute Gasteiger partial charge is 0.159 e. The number of pyridine rings is 1. The summed E-state index contributed by atoms with van der Waals surface area (Å²) in [5.74, 6) is 1.97. The molecular formula is C36H46IrNO2-. The van der Waals surface area contributed by atoms with Crippen molar-refractivity contribution in [1.82, 2.24) is 4.98 Å². The number of benzene rings is 2. The van der Waals surface area contributed by atoms with Gasteiger partial charge in [-0.2, -0.15) is 0 Å². The number of aromatic nitrogens is 1. The number of carbonyl (C=O) groups is 1. The molecule has 2 bridgehead atoms. The van der Waals surface area contributed by atoms with Crippen LogP contribution in [0.2, 0.25) is 0 Å². The Balaban J connectivity index is 0.000000272. The van der Waals surface area contributed by atoms with E-state index in [1.165, 1.54) is 72.1 Å². The second kappa shape index (κ2) is 14.1. The van der Waals surface area contributed by atoms with E-state index in [-0.39, 0.29) is 31.6 Å². The van der Waals surface area contributed by atoms with Crippen LogP contribution in [0.5, 0.6) is 0 Å². The third-order valence-electron chi connectivity index (χ3n) is 8.42. The van der Waals surface area contributed by atoms with Crippen LogP contribution < -0.4 is 0 Å². The maximum absolute atomic E-state index is 11.2. The molecule has 0 spiro atoms. The van der Waals surface area contributed by atoms with E-state index in [0.717, 1.165) is 17.2 Å². The average Bonchev–Trinajstić information content (AvgIpc) is 2.88. The summed E-state index contributed by atoms with van der Waals surface area (Å²) >= 11 is 0. The summed E-state index contributed by atoms with van der Waals surface area (Å²) in [7, 11) is 0. The fourth-order valence-corrected chi connectivity index (χ4v) is 6.63. The molecule has 1 aromatic heterocycles. The molecule has 3 fully saturated rings. The summed E-state index contributed by atoms with van der Waals surface area (Å²) in [5.41, 5.74) is 6.52. The molecule has 4 heteroatoms. The Labute approximate surface area is 255 Å². The van der Waals surface area contributed by atoms with Crippen LogP contribution >= 0.6 is 0 Å². The molecule has 3 aromatic rings. The number of allylic oxidation sites excluding steroid dienone is 2. The van der Waals surface area contributed by atoms with E-state index in [2.05, 4.69) is 62.5 Å². The molecular weight excluding hydrogens is 671 g/mol. The van der Waals surface area contributed by atoms with Gasteiger partial charge in [-0.05, 0) is 83.7 Å². The zero-order chi connectivity index (χ0) is 28.2. The minimum Gasteiger partial charge on any atom is -0.512 e. The largest absolute Gasteiger partial charge is 0.512 e. The third kappa shape index (κ3) is 7.92. The number of aryl methyl sites for hydroxylation is 2. The molecule has 3 saturated carbocycles. The molecule has 0 amide bonds. The summed E-state index contributed by atoms with van der Waals surface area (Å²) < 4.78 is 0. The molecule has 3 aliphatic carbocycles. The second-order valence-electron chi connectivity index (χ2n) is 12.9. The molecule has 6 rings (SSSR count). The summed E-state index contributed by atoms with van der Waals surface area (Å²) in [6.45, 7) is 12.3. The van der Waals surface area contributed by atoms with E-state index < -0.39 is 0 Å². The molecule has 0 saturated heterocycles. The Bertz CT molecular complexity index is 1300. The van der Waals surface area contributed by atoms with Crippen molar-refractivity contribution in [1.29, 1.82) is 0 Å². The number of hydrogen-bond acceptors (Lipinski definition) is 3. The van der Waals surface area contributed by atoms with Gasteiger partial charge in [-0.25, -0.2) is 0 Å². The van der Waals surface area contributed by atoms with Gasteiger partial charge in [0.2, 0.25) is 0 Å². The molecule has 217 valence electrons. The molecule has 0 unspecified atom stereocenters. The van der Waals surface area contributed by atoms with Gasteiger partial charge in [0.05, 0.1) is 5.76 Å². The number of hydrogen-bond donors (Lipinski definition) is 1. The third-order valence-corrected chi connectivity index (χ3v) is 8.42. The van der Waals surface area contributed by atoms with E-state index in [4.69, 9.17) is 4.98 Å². The first-order chi connectivity index (χ1) is 18.6. The van der Waals surface area contributed by atoms with Gasteiger partial charge < -0.3 is 10.1 Å². The van der Waals surface area contributed by atoms with Gasteiger partial charge in [0.1, 0.15) is 0 Å². The predicted molar refractivity (Wildman–Crippen MR) is 163 cm³/mol. The van der Waals surface area contributed by atoms with Gasteiger partial charge in [0.15, 0.2) is 5.78 Å². The Kier molecular flexibility index (Phi) is 11.3. The van der Waals surface area contributed by atoms with Crippen molar-refractivity contribution >= 4 is 16.6 Å². The van der Waals surface area contributed by atoms with Crippen LogP contribution in [0.25, 0.3) is 22.0 Å². The Morgan fingerprint density at radius 2 is 1.60 bits per heavy atom. The standard InChI is InChI=1S/C25H26N.C11H20O2.Ir/c1-17-13-18(2)15-20(14-17)24-22-6-4-3-5-21(22)23(16-26-24)25-10-7-19(8-11-25)9-12-25;1-8(2)5-10(12)7-11(13)6-9(3)4;/h3-6,13-14,16,19H,7-12H2,1-2H3;7-9,12H,5-6H2,1-4H3;/q-1;;/b;10-7-;. The number of fused-ring (bicyclic) bond motifs is 4. The molecule has 0 aliphatic heterocycles. The normalized spacial score (nSPS) is 20.3. The van der Waals surface area contributed by atoms with E-state index in [1.807, 2.05) is 27.7 Å². The molecule has 3 aliphatic rings. The van der Waals surface area contributed by atoms with Gasteiger partial charge in [0, 0.05) is 45.2 Å². The van der Waals surface area contributed by atoms with Crippen LogP contribution in [0, 0.1) is 37.7 Å². The number of aliphatic hydroxyl groups excluding tert-OH is 1. The maximum Gasteiger partial charge on any atom is 0.159 e. The first-order valence-corrected chi connectivity index (χ1v) is 14.9. The molecule has 1 radical (unpaired) electrons. The number of rotatable bonds is 7. The van der Waals surface area contributed by atoms with Crippen molar-refractivity contribution < 1.29 is 30.0 Å². The quantitative estimate of drug-likeness (QED) is 0.151. The van der Waals surface area contributed by atoms with Crippen molar-refractivity contribution in [2.75, 3.05) is 0 Å². The fourth-order valence-electron chi connectivity index (χ4n) is 6.63. The number of ketones is 1. The first-order valence-electron chi connectivity index (χ1n) is 14.9. The molecule has 0 atom stereocenters. The van der Waals surface area contributed by atoms with E-state index >= 15 is 0 Å². The Morgan fingerprint density at radius 1 is 1.00 bits per heavy atom. The van der Waals surface area contributed by atoms with Gasteiger partial charge in [-0.3, -0.25) is 4.79 Å². The monoisotopic (exact) mass is 717 g/mol. The van der Waals surface area contributed by atoms with Gasteiger partial charge >= 0.3 is 0 Å². The topological polar surface area (TPSA) is 50.2 Å². The van der Waals surface area contributed by atoms with Crippen molar-refractivity contribution in [3.63, 3.8) is 0 Å². The van der Waals surface area contributed by atoms with Gasteiger partial charge in [0.25, 0.3) is 0 Å². The summed E-state index contributed by atoms with van der Waals surface area (Å²) in [4.78, 5) is 16.2. The van der Waals surface area contributed by atoms with Crippen LogP contribution in [0.4, 0.5) is 0 Å². The van der Waals surface area contributed by atoms with Crippen LogP contribution in [0.3, 0.4) is 0 Å². The number of aliphatic hydroxyl groups is 1. The number of carbonyl (C=O) groups excluding carboxylic acids is 1. The van der Waals surface area contributed by atoms with E-state index in [9.17, 15) is 9.90 Å². The molecule has 3 nitrogen and oxygen atoms in total. The van der Waals surface area contributed by atoms with Crippen LogP contribution in [-0.4, -0.2) is 15.9 Å².